The number of hydrogen-bond acceptors (Lipinski definition) is 4. The summed E-state index contributed by atoms with van der Waals surface area (Å²) < 4.78 is 0. The molecule has 1 aromatic rings. The van der Waals surface area contributed by atoms with Crippen LogP contribution in [0, 0.1) is 5.92 Å². The van der Waals surface area contributed by atoms with Crippen molar-refractivity contribution in [1.82, 2.24) is 10.3 Å². The smallest absolute Gasteiger partial charge is 0.365 e. The first-order chi connectivity index (χ1) is 8.19. The summed E-state index contributed by atoms with van der Waals surface area (Å²) in [6, 6.07) is 0.539. The van der Waals surface area contributed by atoms with Crippen molar-refractivity contribution in [3.05, 3.63) is 16.1 Å². The largest absolute Gasteiger partial charge is 0.476 e. The standard InChI is InChI=1S/C12H18N2O2S/c1-2-9(5-8-3-4-8)13-6-10-7-17-11(14-10)12(15)16/h7-9,13H,2-6H2,1H3,(H,15,16). The Kier molecular flexibility index (Phi) is 4.12. The number of aromatic carboxylic acids is 1. The van der Waals surface area contributed by atoms with Gasteiger partial charge in [0.2, 0.25) is 5.01 Å². The Bertz CT molecular complexity index is 388. The van der Waals surface area contributed by atoms with Gasteiger partial charge in [-0.05, 0) is 18.8 Å². The molecule has 17 heavy (non-hydrogen) atoms. The van der Waals surface area contributed by atoms with Crippen LogP contribution in [0.4, 0.5) is 0 Å². The fourth-order valence-corrected chi connectivity index (χ4v) is 2.54. The van der Waals surface area contributed by atoms with E-state index < -0.39 is 5.97 Å². The number of carboxylic acid groups (broad SMARTS) is 1. The van der Waals surface area contributed by atoms with Gasteiger partial charge in [0.05, 0.1) is 5.69 Å². The van der Waals surface area contributed by atoms with E-state index in [9.17, 15) is 4.79 Å². The molecule has 2 rings (SSSR count). The van der Waals surface area contributed by atoms with Gasteiger partial charge in [-0.3, -0.25) is 0 Å². The Labute approximate surface area is 105 Å². The monoisotopic (exact) mass is 254 g/mol. The van der Waals surface area contributed by atoms with Crippen LogP contribution in [0.3, 0.4) is 0 Å². The van der Waals surface area contributed by atoms with Crippen molar-refractivity contribution in [1.29, 1.82) is 0 Å². The lowest BCUT2D eigenvalue weighted by Crippen LogP contribution is -2.28. The third-order valence-corrected chi connectivity index (χ3v) is 3.99. The summed E-state index contributed by atoms with van der Waals surface area (Å²) in [5.74, 6) is -0.0243. The Hall–Kier alpha value is -0.940. The van der Waals surface area contributed by atoms with Crippen LogP contribution in [0.5, 0.6) is 0 Å². The summed E-state index contributed by atoms with van der Waals surface area (Å²) in [5.41, 5.74) is 0.835. The van der Waals surface area contributed by atoms with Crippen molar-refractivity contribution in [2.24, 2.45) is 5.92 Å². The van der Waals surface area contributed by atoms with E-state index >= 15 is 0 Å². The molecule has 94 valence electrons. The predicted molar refractivity (Wildman–Crippen MR) is 67.3 cm³/mol. The van der Waals surface area contributed by atoms with Gasteiger partial charge in [0.25, 0.3) is 0 Å². The Balaban J connectivity index is 1.80. The van der Waals surface area contributed by atoms with E-state index in [1.807, 2.05) is 5.38 Å². The van der Waals surface area contributed by atoms with Crippen molar-refractivity contribution < 1.29 is 9.90 Å². The third kappa shape index (κ3) is 3.78. The highest BCUT2D eigenvalue weighted by Gasteiger charge is 2.24. The minimum Gasteiger partial charge on any atom is -0.476 e. The van der Waals surface area contributed by atoms with E-state index in [0.29, 0.717) is 12.6 Å². The van der Waals surface area contributed by atoms with Crippen LogP contribution < -0.4 is 5.32 Å². The molecular formula is C12H18N2O2S. The quantitative estimate of drug-likeness (QED) is 0.785. The zero-order valence-electron chi connectivity index (χ0n) is 9.98. The number of thiazole rings is 1. The minimum absolute atomic E-state index is 0.178. The zero-order valence-corrected chi connectivity index (χ0v) is 10.8. The highest BCUT2D eigenvalue weighted by molar-refractivity contribution is 7.11. The van der Waals surface area contributed by atoms with Crippen LogP contribution in [0.2, 0.25) is 0 Å². The van der Waals surface area contributed by atoms with Gasteiger partial charge in [0.15, 0.2) is 0 Å². The summed E-state index contributed by atoms with van der Waals surface area (Å²) in [6.45, 7) is 2.86. The maximum atomic E-state index is 10.7. The maximum absolute atomic E-state index is 10.7. The molecule has 1 aromatic heterocycles. The van der Waals surface area contributed by atoms with Gasteiger partial charge in [-0.1, -0.05) is 19.8 Å². The first-order valence-corrected chi connectivity index (χ1v) is 6.98. The second kappa shape index (κ2) is 5.60. The zero-order chi connectivity index (χ0) is 12.3. The predicted octanol–water partition coefficient (Wildman–Crippen LogP) is 2.51. The van der Waals surface area contributed by atoms with Gasteiger partial charge in [-0.2, -0.15) is 0 Å². The fraction of sp³-hybridized carbons (Fsp3) is 0.667. The van der Waals surface area contributed by atoms with Crippen LogP contribution in [0.1, 0.15) is 48.1 Å². The molecule has 0 saturated heterocycles. The molecule has 1 fully saturated rings. The molecule has 0 aliphatic heterocycles. The molecule has 0 amide bonds. The molecule has 5 heteroatoms. The molecule has 1 unspecified atom stereocenters. The fourth-order valence-electron chi connectivity index (χ4n) is 1.89. The lowest BCUT2D eigenvalue weighted by Gasteiger charge is -2.15. The number of nitrogens with one attached hydrogen (secondary N) is 1. The van der Waals surface area contributed by atoms with E-state index in [-0.39, 0.29) is 5.01 Å². The van der Waals surface area contributed by atoms with Gasteiger partial charge >= 0.3 is 5.97 Å². The average molecular weight is 254 g/mol. The van der Waals surface area contributed by atoms with Gasteiger partial charge in [-0.25, -0.2) is 9.78 Å². The van der Waals surface area contributed by atoms with Crippen molar-refractivity contribution in [3.63, 3.8) is 0 Å². The molecule has 4 nitrogen and oxygen atoms in total. The summed E-state index contributed by atoms with van der Waals surface area (Å²) in [4.78, 5) is 14.8. The summed E-state index contributed by atoms with van der Waals surface area (Å²) in [6.07, 6.45) is 5.11. The highest BCUT2D eigenvalue weighted by Crippen LogP contribution is 2.34. The minimum atomic E-state index is -0.939. The number of nitrogens with zero attached hydrogens (tertiary/aromatic N) is 1. The van der Waals surface area contributed by atoms with Crippen LogP contribution in [-0.4, -0.2) is 22.1 Å². The molecule has 1 atom stereocenters. The molecule has 2 N–H and O–H groups in total. The number of rotatable bonds is 7. The van der Waals surface area contributed by atoms with E-state index in [1.165, 1.54) is 30.6 Å². The van der Waals surface area contributed by atoms with Crippen molar-refractivity contribution >= 4 is 17.3 Å². The molecule has 0 bridgehead atoms. The average Bonchev–Trinajstić information content (AvgIpc) is 2.99. The number of hydrogen-bond donors (Lipinski definition) is 2. The van der Waals surface area contributed by atoms with Crippen LogP contribution >= 0.6 is 11.3 Å². The van der Waals surface area contributed by atoms with Gasteiger partial charge in [-0.15, -0.1) is 11.3 Å². The van der Waals surface area contributed by atoms with E-state index in [1.54, 1.807) is 0 Å². The number of carbonyl (C=O) groups is 1. The highest BCUT2D eigenvalue weighted by atomic mass is 32.1. The SMILES string of the molecule is CCC(CC1CC1)NCc1csc(C(=O)O)n1. The molecule has 0 radical (unpaired) electrons. The normalized spacial score (nSPS) is 17.0. The van der Waals surface area contributed by atoms with E-state index in [0.717, 1.165) is 18.0 Å². The lowest BCUT2D eigenvalue weighted by atomic mass is 10.1. The van der Waals surface area contributed by atoms with Crippen molar-refractivity contribution in [2.75, 3.05) is 0 Å². The van der Waals surface area contributed by atoms with Crippen LogP contribution in [-0.2, 0) is 6.54 Å². The molecule has 1 aliphatic rings. The van der Waals surface area contributed by atoms with Crippen LogP contribution in [0.15, 0.2) is 5.38 Å². The first-order valence-electron chi connectivity index (χ1n) is 6.10. The van der Waals surface area contributed by atoms with Gasteiger partial charge < -0.3 is 10.4 Å². The van der Waals surface area contributed by atoms with Crippen LogP contribution in [0.25, 0.3) is 0 Å². The van der Waals surface area contributed by atoms with Gasteiger partial charge in [0, 0.05) is 18.0 Å². The lowest BCUT2D eigenvalue weighted by molar-refractivity contribution is 0.0696. The Morgan fingerprint density at radius 3 is 3.00 bits per heavy atom. The first kappa shape index (κ1) is 12.5. The Morgan fingerprint density at radius 2 is 2.47 bits per heavy atom. The number of carboxylic acids is 1. The molecule has 1 saturated carbocycles. The summed E-state index contributed by atoms with van der Waals surface area (Å²) >= 11 is 1.19. The van der Waals surface area contributed by atoms with Gasteiger partial charge in [0.1, 0.15) is 0 Å². The van der Waals surface area contributed by atoms with Crippen molar-refractivity contribution in [2.45, 2.75) is 45.2 Å². The molecule has 1 heterocycles. The number of aromatic nitrogens is 1. The second-order valence-corrected chi connectivity index (χ2v) is 5.47. The molecular weight excluding hydrogens is 236 g/mol. The maximum Gasteiger partial charge on any atom is 0.365 e. The topological polar surface area (TPSA) is 62.2 Å². The van der Waals surface area contributed by atoms with E-state index in [2.05, 4.69) is 17.2 Å². The van der Waals surface area contributed by atoms with Crippen molar-refractivity contribution in [3.8, 4) is 0 Å². The third-order valence-electron chi connectivity index (χ3n) is 3.11. The molecule has 0 aromatic carbocycles. The second-order valence-electron chi connectivity index (χ2n) is 4.61. The molecule has 0 spiro atoms. The molecule has 1 aliphatic carbocycles. The summed E-state index contributed by atoms with van der Waals surface area (Å²) in [7, 11) is 0. The summed E-state index contributed by atoms with van der Waals surface area (Å²) in [5, 5.41) is 14.2. The Morgan fingerprint density at radius 1 is 1.71 bits per heavy atom. The van der Waals surface area contributed by atoms with E-state index in [4.69, 9.17) is 5.11 Å².